The lowest BCUT2D eigenvalue weighted by molar-refractivity contribution is 0.265. The molecule has 0 heterocycles. The summed E-state index contributed by atoms with van der Waals surface area (Å²) < 4.78 is 0. The van der Waals surface area contributed by atoms with Crippen molar-refractivity contribution in [1.82, 2.24) is 4.90 Å². The van der Waals surface area contributed by atoms with Gasteiger partial charge in [-0.1, -0.05) is 45.1 Å². The molecule has 0 aliphatic carbocycles. The number of hydrogen-bond donors (Lipinski definition) is 0. The molecule has 0 rings (SSSR count). The van der Waals surface area contributed by atoms with Crippen LogP contribution in [0.25, 0.3) is 0 Å². The van der Waals surface area contributed by atoms with Gasteiger partial charge in [0.25, 0.3) is 0 Å². The van der Waals surface area contributed by atoms with E-state index < -0.39 is 0 Å². The van der Waals surface area contributed by atoms with Gasteiger partial charge in [0.15, 0.2) is 0 Å². The molecule has 0 amide bonds. The molecule has 17 heavy (non-hydrogen) atoms. The topological polar surface area (TPSA) is 3.24 Å². The van der Waals surface area contributed by atoms with E-state index in [9.17, 15) is 0 Å². The van der Waals surface area contributed by atoms with Crippen LogP contribution in [0.5, 0.6) is 0 Å². The number of unbranched alkanes of at least 4 members (excludes halogenated alkanes) is 4. The van der Waals surface area contributed by atoms with Crippen molar-refractivity contribution in [3.05, 3.63) is 12.2 Å². The van der Waals surface area contributed by atoms with Crippen molar-refractivity contribution >= 4 is 12.4 Å². The highest BCUT2D eigenvalue weighted by Crippen LogP contribution is 2.05. The van der Waals surface area contributed by atoms with E-state index in [1.54, 1.807) is 0 Å². The third-order valence-electron chi connectivity index (χ3n) is 3.01. The molecule has 0 radical (unpaired) electrons. The summed E-state index contributed by atoms with van der Waals surface area (Å²) in [6.07, 6.45) is 9.27. The van der Waals surface area contributed by atoms with Gasteiger partial charge < -0.3 is 4.90 Å². The van der Waals surface area contributed by atoms with Crippen molar-refractivity contribution in [2.45, 2.75) is 65.7 Å². The fourth-order valence-electron chi connectivity index (χ4n) is 1.86. The van der Waals surface area contributed by atoms with E-state index in [0.29, 0.717) is 0 Å². The van der Waals surface area contributed by atoms with Crippen LogP contribution in [-0.2, 0) is 0 Å². The van der Waals surface area contributed by atoms with E-state index in [1.165, 1.54) is 63.7 Å². The predicted molar refractivity (Wildman–Crippen MR) is 82.2 cm³/mol. The van der Waals surface area contributed by atoms with Crippen molar-refractivity contribution in [3.8, 4) is 0 Å². The molecule has 0 unspecified atom stereocenters. The predicted octanol–water partition coefficient (Wildman–Crippen LogP) is 5.06. The molecule has 0 N–H and O–H groups in total. The molecular weight excluding hydrogens is 230 g/mol. The average Bonchev–Trinajstić information content (AvgIpc) is 2.25. The van der Waals surface area contributed by atoms with Crippen LogP contribution in [0.15, 0.2) is 12.2 Å². The Kier molecular flexibility index (Phi) is 16.0. The standard InChI is InChI=1S/C15H31N.ClH/c1-5-7-9-12-16(13-10-8-6-2)14-11-15(3)4;/h3,5-14H2,1-2,4H3;1H. The van der Waals surface area contributed by atoms with Gasteiger partial charge in [-0.3, -0.25) is 0 Å². The summed E-state index contributed by atoms with van der Waals surface area (Å²) >= 11 is 0. The van der Waals surface area contributed by atoms with E-state index in [1.807, 2.05) is 0 Å². The lowest BCUT2D eigenvalue weighted by atomic mass is 10.2. The molecule has 104 valence electrons. The Bertz CT molecular complexity index is 158. The van der Waals surface area contributed by atoms with Gasteiger partial charge in [0.1, 0.15) is 0 Å². The van der Waals surface area contributed by atoms with Crippen molar-refractivity contribution in [2.24, 2.45) is 0 Å². The summed E-state index contributed by atoms with van der Waals surface area (Å²) in [4.78, 5) is 2.62. The molecule has 0 bridgehead atoms. The molecule has 0 saturated carbocycles. The molecule has 0 aromatic carbocycles. The Hall–Kier alpha value is -0.0100. The highest BCUT2D eigenvalue weighted by atomic mass is 35.5. The van der Waals surface area contributed by atoms with Gasteiger partial charge in [0, 0.05) is 6.54 Å². The van der Waals surface area contributed by atoms with E-state index in [0.717, 1.165) is 6.42 Å². The summed E-state index contributed by atoms with van der Waals surface area (Å²) in [5.41, 5.74) is 1.32. The monoisotopic (exact) mass is 261 g/mol. The van der Waals surface area contributed by atoms with Crippen LogP contribution in [0.4, 0.5) is 0 Å². The first kappa shape index (κ1) is 19.3. The largest absolute Gasteiger partial charge is 0.303 e. The third-order valence-corrected chi connectivity index (χ3v) is 3.01. The normalized spacial score (nSPS) is 10.4. The maximum absolute atomic E-state index is 3.99. The van der Waals surface area contributed by atoms with Crippen molar-refractivity contribution in [3.63, 3.8) is 0 Å². The van der Waals surface area contributed by atoms with Crippen molar-refractivity contribution in [2.75, 3.05) is 19.6 Å². The minimum absolute atomic E-state index is 0. The average molecular weight is 262 g/mol. The minimum atomic E-state index is 0. The molecule has 0 spiro atoms. The summed E-state index contributed by atoms with van der Waals surface area (Å²) in [6, 6.07) is 0. The van der Waals surface area contributed by atoms with Gasteiger partial charge in [0.05, 0.1) is 0 Å². The highest BCUT2D eigenvalue weighted by molar-refractivity contribution is 5.85. The quantitative estimate of drug-likeness (QED) is 0.371. The second-order valence-corrected chi connectivity index (χ2v) is 4.96. The van der Waals surface area contributed by atoms with Gasteiger partial charge in [-0.25, -0.2) is 0 Å². The number of nitrogens with zero attached hydrogens (tertiary/aromatic N) is 1. The highest BCUT2D eigenvalue weighted by Gasteiger charge is 2.03. The fourth-order valence-corrected chi connectivity index (χ4v) is 1.86. The minimum Gasteiger partial charge on any atom is -0.303 e. The van der Waals surface area contributed by atoms with Crippen LogP contribution in [0.3, 0.4) is 0 Å². The number of rotatable bonds is 11. The Morgan fingerprint density at radius 2 is 1.35 bits per heavy atom. The zero-order chi connectivity index (χ0) is 12.2. The molecule has 0 aliphatic rings. The van der Waals surface area contributed by atoms with Crippen LogP contribution in [0.1, 0.15) is 65.7 Å². The van der Waals surface area contributed by atoms with Crippen molar-refractivity contribution in [1.29, 1.82) is 0 Å². The first-order chi connectivity index (χ1) is 7.70. The summed E-state index contributed by atoms with van der Waals surface area (Å²) in [5, 5.41) is 0. The van der Waals surface area contributed by atoms with E-state index in [2.05, 4.69) is 32.3 Å². The van der Waals surface area contributed by atoms with E-state index in [-0.39, 0.29) is 12.4 Å². The summed E-state index contributed by atoms with van der Waals surface area (Å²) in [6.45, 7) is 14.5. The van der Waals surface area contributed by atoms with Gasteiger partial charge >= 0.3 is 0 Å². The van der Waals surface area contributed by atoms with Gasteiger partial charge in [0.2, 0.25) is 0 Å². The fraction of sp³-hybridized carbons (Fsp3) is 0.867. The molecule has 0 aromatic heterocycles. The maximum Gasteiger partial charge on any atom is 0.00184 e. The van der Waals surface area contributed by atoms with Crippen LogP contribution < -0.4 is 0 Å². The second-order valence-electron chi connectivity index (χ2n) is 4.96. The SMILES string of the molecule is C=C(C)CCN(CCCCC)CCCCC.Cl. The number of hydrogen-bond acceptors (Lipinski definition) is 1. The molecule has 1 nitrogen and oxygen atoms in total. The van der Waals surface area contributed by atoms with Crippen LogP contribution in [-0.4, -0.2) is 24.5 Å². The van der Waals surface area contributed by atoms with Crippen molar-refractivity contribution < 1.29 is 0 Å². The second kappa shape index (κ2) is 14.1. The van der Waals surface area contributed by atoms with Crippen LogP contribution in [0, 0.1) is 0 Å². The lowest BCUT2D eigenvalue weighted by Crippen LogP contribution is -2.27. The Balaban J connectivity index is 0. The van der Waals surface area contributed by atoms with Crippen LogP contribution in [0.2, 0.25) is 0 Å². The van der Waals surface area contributed by atoms with E-state index in [4.69, 9.17) is 0 Å². The molecule has 2 heteroatoms. The first-order valence-electron chi connectivity index (χ1n) is 7.07. The molecule has 0 aliphatic heterocycles. The Morgan fingerprint density at radius 3 is 1.71 bits per heavy atom. The molecular formula is C15H32ClN. The lowest BCUT2D eigenvalue weighted by Gasteiger charge is -2.22. The van der Waals surface area contributed by atoms with Gasteiger partial charge in [-0.2, -0.15) is 0 Å². The van der Waals surface area contributed by atoms with Gasteiger partial charge in [-0.05, 0) is 39.3 Å². The van der Waals surface area contributed by atoms with E-state index >= 15 is 0 Å². The summed E-state index contributed by atoms with van der Waals surface area (Å²) in [7, 11) is 0. The molecule has 0 saturated heterocycles. The summed E-state index contributed by atoms with van der Waals surface area (Å²) in [5.74, 6) is 0. The van der Waals surface area contributed by atoms with Crippen LogP contribution >= 0.6 is 12.4 Å². The zero-order valence-corrected chi connectivity index (χ0v) is 13.0. The smallest absolute Gasteiger partial charge is 0.00184 e. The van der Waals surface area contributed by atoms with Gasteiger partial charge in [-0.15, -0.1) is 19.0 Å². The molecule has 0 atom stereocenters. The molecule has 0 aromatic rings. The Morgan fingerprint density at radius 1 is 0.882 bits per heavy atom. The number of halogens is 1. The first-order valence-corrected chi connectivity index (χ1v) is 7.07. The molecule has 0 fully saturated rings. The third kappa shape index (κ3) is 13.9. The maximum atomic E-state index is 3.99. The zero-order valence-electron chi connectivity index (χ0n) is 12.1. The Labute approximate surface area is 115 Å².